The first-order chi connectivity index (χ1) is 11.2. The zero-order chi connectivity index (χ0) is 18.3. The molecule has 8 heteroatoms. The second kappa shape index (κ2) is 8.68. The number of urea groups is 1. The third-order valence-corrected chi connectivity index (χ3v) is 3.43. The van der Waals surface area contributed by atoms with E-state index in [0.717, 1.165) is 4.90 Å². The first kappa shape index (κ1) is 20.0. The fraction of sp³-hybridized carbons (Fsp3) is 0.688. The number of carbonyl (C=O) groups excluding carboxylic acids is 3. The molecule has 0 aromatic heterocycles. The molecule has 1 heterocycles. The van der Waals surface area contributed by atoms with Crippen molar-refractivity contribution >= 4 is 17.9 Å². The van der Waals surface area contributed by atoms with Crippen molar-refractivity contribution < 1.29 is 24.0 Å². The van der Waals surface area contributed by atoms with Gasteiger partial charge in [-0.15, -0.1) is 0 Å². The third-order valence-electron chi connectivity index (χ3n) is 3.43. The fourth-order valence-electron chi connectivity index (χ4n) is 2.35. The molecule has 1 atom stereocenters. The number of likely N-dealkylation sites (N-methyl/N-ethyl adjacent to an activating group) is 1. The summed E-state index contributed by atoms with van der Waals surface area (Å²) in [5.74, 6) is -0.521. The van der Waals surface area contributed by atoms with E-state index in [1.54, 1.807) is 6.92 Å². The lowest BCUT2D eigenvalue weighted by molar-refractivity contribution is -0.885. The molecule has 0 radical (unpaired) electrons. The molecule has 0 saturated carbocycles. The Kier molecular flexibility index (Phi) is 7.21. The summed E-state index contributed by atoms with van der Waals surface area (Å²) in [6.07, 6.45) is 0. The molecule has 1 unspecified atom stereocenters. The Morgan fingerprint density at radius 2 is 1.96 bits per heavy atom. The normalized spacial score (nSPS) is 16.1. The predicted molar refractivity (Wildman–Crippen MR) is 89.3 cm³/mol. The molecule has 0 saturated heterocycles. The summed E-state index contributed by atoms with van der Waals surface area (Å²) < 4.78 is 5.03. The summed E-state index contributed by atoms with van der Waals surface area (Å²) in [5.41, 5.74) is 0.616. The van der Waals surface area contributed by atoms with Crippen molar-refractivity contribution in [3.05, 3.63) is 11.3 Å². The van der Waals surface area contributed by atoms with Crippen molar-refractivity contribution in [2.75, 3.05) is 32.8 Å². The van der Waals surface area contributed by atoms with E-state index in [-0.39, 0.29) is 37.2 Å². The van der Waals surface area contributed by atoms with E-state index in [9.17, 15) is 14.4 Å². The van der Waals surface area contributed by atoms with Crippen molar-refractivity contribution in [3.8, 4) is 0 Å². The van der Waals surface area contributed by atoms with Crippen LogP contribution in [0.25, 0.3) is 0 Å². The average Bonchev–Trinajstić information content (AvgIpc) is 2.44. The lowest BCUT2D eigenvalue weighted by Crippen LogP contribution is -3.13. The van der Waals surface area contributed by atoms with Crippen LogP contribution in [-0.4, -0.2) is 56.2 Å². The smallest absolute Gasteiger partial charge is 0.337 e. The van der Waals surface area contributed by atoms with E-state index in [4.69, 9.17) is 4.74 Å². The van der Waals surface area contributed by atoms with E-state index in [0.29, 0.717) is 24.4 Å². The molecule has 136 valence electrons. The number of rotatable bonds is 7. The lowest BCUT2D eigenvalue weighted by atomic mass is 10.1. The fourth-order valence-corrected chi connectivity index (χ4v) is 2.35. The average molecular weight is 341 g/mol. The maximum absolute atomic E-state index is 12.1. The van der Waals surface area contributed by atoms with Crippen LogP contribution < -0.4 is 20.9 Å². The minimum Gasteiger partial charge on any atom is -0.463 e. The number of ether oxygens (including phenoxy) is 1. The summed E-state index contributed by atoms with van der Waals surface area (Å²) in [7, 11) is 0. The molecule has 3 amide bonds. The first-order valence-electron chi connectivity index (χ1n) is 8.24. The molecule has 0 fully saturated rings. The van der Waals surface area contributed by atoms with Gasteiger partial charge in [-0.25, -0.2) is 9.59 Å². The number of nitrogens with one attached hydrogen (secondary N) is 4. The first-order valence-corrected chi connectivity index (χ1v) is 8.24. The monoisotopic (exact) mass is 341 g/mol. The summed E-state index contributed by atoms with van der Waals surface area (Å²) >= 11 is 0. The van der Waals surface area contributed by atoms with Gasteiger partial charge in [0.25, 0.3) is 5.91 Å². The minimum absolute atomic E-state index is 0.0714. The molecule has 0 aromatic carbocycles. The molecule has 1 rings (SSSR count). The molecule has 1 aliphatic rings. The third kappa shape index (κ3) is 6.57. The number of hydrogen-bond acceptors (Lipinski definition) is 4. The topological polar surface area (TPSA) is 101 Å². The quantitative estimate of drug-likeness (QED) is 0.443. The number of amides is 3. The van der Waals surface area contributed by atoms with Gasteiger partial charge < -0.3 is 25.6 Å². The maximum atomic E-state index is 12.1. The second-order valence-electron chi connectivity index (χ2n) is 6.74. The van der Waals surface area contributed by atoms with Gasteiger partial charge in [0.15, 0.2) is 6.54 Å². The molecule has 24 heavy (non-hydrogen) atoms. The molecular formula is C16H29N4O4+. The predicted octanol–water partition coefficient (Wildman–Crippen LogP) is -1.06. The van der Waals surface area contributed by atoms with E-state index in [1.165, 1.54) is 0 Å². The van der Waals surface area contributed by atoms with Crippen LogP contribution in [0.5, 0.6) is 0 Å². The van der Waals surface area contributed by atoms with Gasteiger partial charge in [-0.1, -0.05) is 0 Å². The van der Waals surface area contributed by atoms with Crippen LogP contribution in [0, 0.1) is 0 Å². The Hall–Kier alpha value is -2.09. The van der Waals surface area contributed by atoms with Crippen LogP contribution in [0.2, 0.25) is 0 Å². The van der Waals surface area contributed by atoms with Crippen LogP contribution >= 0.6 is 0 Å². The van der Waals surface area contributed by atoms with Crippen molar-refractivity contribution in [2.45, 2.75) is 40.2 Å². The molecular weight excluding hydrogens is 312 g/mol. The van der Waals surface area contributed by atoms with E-state index in [1.807, 2.05) is 27.7 Å². The standard InChI is InChI=1S/C16H28N4O4/c1-6-20(10-13(21)19-16(3,4)5)9-12-11(14(22)24-7-2)8-17-15(23)18-12/h6-10H2,1-5H3,(H,19,21)(H2,17,18,23)/p+1. The Morgan fingerprint density at radius 1 is 1.29 bits per heavy atom. The Bertz CT molecular complexity index is 523. The van der Waals surface area contributed by atoms with Gasteiger partial charge in [-0.05, 0) is 34.6 Å². The lowest BCUT2D eigenvalue weighted by Gasteiger charge is -2.26. The highest BCUT2D eigenvalue weighted by molar-refractivity contribution is 5.93. The largest absolute Gasteiger partial charge is 0.463 e. The molecule has 8 nitrogen and oxygen atoms in total. The minimum atomic E-state index is -0.449. The van der Waals surface area contributed by atoms with Gasteiger partial charge in [0.05, 0.1) is 31.0 Å². The highest BCUT2D eigenvalue weighted by atomic mass is 16.5. The van der Waals surface area contributed by atoms with E-state index < -0.39 is 5.97 Å². The van der Waals surface area contributed by atoms with Crippen LogP contribution in [0.3, 0.4) is 0 Å². The Balaban J connectivity index is 2.84. The molecule has 4 N–H and O–H groups in total. The van der Waals surface area contributed by atoms with Gasteiger partial charge in [-0.3, -0.25) is 4.79 Å². The number of esters is 1. The SMILES string of the molecule is CCOC(=O)C1=C(C[NH+](CC)CC(=O)NC(C)(C)C)NC(=O)NC1. The summed E-state index contributed by atoms with van der Waals surface area (Å²) in [4.78, 5) is 36.7. The number of hydrogen-bond donors (Lipinski definition) is 4. The highest BCUT2D eigenvalue weighted by Gasteiger charge is 2.27. The second-order valence-corrected chi connectivity index (χ2v) is 6.74. The van der Waals surface area contributed by atoms with Crippen molar-refractivity contribution in [3.63, 3.8) is 0 Å². The summed E-state index contributed by atoms with van der Waals surface area (Å²) in [6, 6.07) is -0.354. The van der Waals surface area contributed by atoms with Crippen LogP contribution in [0.4, 0.5) is 4.79 Å². The van der Waals surface area contributed by atoms with Crippen molar-refractivity contribution in [1.29, 1.82) is 0 Å². The van der Waals surface area contributed by atoms with Crippen molar-refractivity contribution in [1.82, 2.24) is 16.0 Å². The van der Waals surface area contributed by atoms with Crippen LogP contribution in [-0.2, 0) is 14.3 Å². The zero-order valence-corrected chi connectivity index (χ0v) is 15.2. The van der Waals surface area contributed by atoms with Gasteiger partial charge in [0.1, 0.15) is 6.54 Å². The van der Waals surface area contributed by atoms with E-state index in [2.05, 4.69) is 16.0 Å². The molecule has 0 bridgehead atoms. The number of quaternary nitrogens is 1. The molecule has 0 aromatic rings. The number of carbonyl (C=O) groups is 3. The molecule has 0 spiro atoms. The highest BCUT2D eigenvalue weighted by Crippen LogP contribution is 2.06. The molecule has 0 aliphatic carbocycles. The van der Waals surface area contributed by atoms with Crippen molar-refractivity contribution in [2.24, 2.45) is 0 Å². The summed E-state index contributed by atoms with van der Waals surface area (Å²) in [6.45, 7) is 11.2. The van der Waals surface area contributed by atoms with Crippen LogP contribution in [0.15, 0.2) is 11.3 Å². The van der Waals surface area contributed by atoms with Gasteiger partial charge in [0.2, 0.25) is 0 Å². The Morgan fingerprint density at radius 3 is 2.50 bits per heavy atom. The van der Waals surface area contributed by atoms with E-state index >= 15 is 0 Å². The van der Waals surface area contributed by atoms with Crippen LogP contribution in [0.1, 0.15) is 34.6 Å². The molecule has 1 aliphatic heterocycles. The zero-order valence-electron chi connectivity index (χ0n) is 15.2. The van der Waals surface area contributed by atoms with Gasteiger partial charge >= 0.3 is 12.0 Å². The Labute approximate surface area is 143 Å². The summed E-state index contributed by atoms with van der Waals surface area (Å²) in [5, 5.41) is 8.15. The maximum Gasteiger partial charge on any atom is 0.337 e. The van der Waals surface area contributed by atoms with Gasteiger partial charge in [-0.2, -0.15) is 0 Å². The van der Waals surface area contributed by atoms with Gasteiger partial charge in [0, 0.05) is 5.54 Å².